The molecular weight excluding hydrogens is 175 g/mol. The summed E-state index contributed by atoms with van der Waals surface area (Å²) in [7, 11) is -0.0452. The van der Waals surface area contributed by atoms with E-state index in [-0.39, 0.29) is 19.3 Å². The fourth-order valence-corrected chi connectivity index (χ4v) is 2.47. The molecule has 2 nitrogen and oxygen atoms in total. The number of hydrogen-bond donors (Lipinski definition) is 0. The van der Waals surface area contributed by atoms with Gasteiger partial charge in [-0.1, -0.05) is 24.3 Å². The molecule has 0 unspecified atom stereocenters. The van der Waals surface area contributed by atoms with Crippen LogP contribution in [0.5, 0.6) is 0 Å². The van der Waals surface area contributed by atoms with Crippen LogP contribution in [0.2, 0.25) is 6.82 Å². The van der Waals surface area contributed by atoms with Crippen LogP contribution in [0.1, 0.15) is 23.7 Å². The molecule has 0 N–H and O–H groups in total. The average molecular weight is 188 g/mol. The Kier molecular flexibility index (Phi) is 1.89. The molecule has 0 bridgehead atoms. The largest absolute Gasteiger partial charge is 0.454 e. The van der Waals surface area contributed by atoms with Crippen LogP contribution in [0.25, 0.3) is 0 Å². The third-order valence-electron chi connectivity index (χ3n) is 3.10. The van der Waals surface area contributed by atoms with Gasteiger partial charge in [-0.3, -0.25) is 0 Å². The van der Waals surface area contributed by atoms with Crippen LogP contribution in [0.3, 0.4) is 0 Å². The highest BCUT2D eigenvalue weighted by molar-refractivity contribution is 6.43. The van der Waals surface area contributed by atoms with Gasteiger partial charge in [0.2, 0.25) is 0 Å². The van der Waals surface area contributed by atoms with Crippen LogP contribution in [-0.4, -0.2) is 13.2 Å². The Morgan fingerprint density at radius 2 is 2.14 bits per heavy atom. The zero-order valence-electron chi connectivity index (χ0n) is 8.27. The summed E-state index contributed by atoms with van der Waals surface area (Å²) in [5, 5.41) is 0. The standard InChI is InChI=1S/C11H13BO2/c1-12-13-10-7-6-8-4-2-3-5-9(8)11(10)14-12/h2-5,10-11H,6-7H2,1H3/t10-,11+/m1/s1. The highest BCUT2D eigenvalue weighted by Crippen LogP contribution is 2.39. The van der Waals surface area contributed by atoms with Gasteiger partial charge in [0, 0.05) is 0 Å². The van der Waals surface area contributed by atoms with E-state index in [4.69, 9.17) is 9.31 Å². The Balaban J connectivity index is 2.01. The van der Waals surface area contributed by atoms with Crippen LogP contribution in [0.15, 0.2) is 24.3 Å². The average Bonchev–Trinajstić information content (AvgIpc) is 2.59. The first-order chi connectivity index (χ1) is 6.84. The molecule has 1 aliphatic heterocycles. The summed E-state index contributed by atoms with van der Waals surface area (Å²) in [5.74, 6) is 0. The molecule has 0 radical (unpaired) electrons. The highest BCUT2D eigenvalue weighted by atomic mass is 16.7. The molecule has 0 aromatic heterocycles. The van der Waals surface area contributed by atoms with Crippen molar-refractivity contribution in [3.8, 4) is 0 Å². The van der Waals surface area contributed by atoms with Crippen LogP contribution < -0.4 is 0 Å². The zero-order valence-corrected chi connectivity index (χ0v) is 8.27. The summed E-state index contributed by atoms with van der Waals surface area (Å²) >= 11 is 0. The third-order valence-corrected chi connectivity index (χ3v) is 3.10. The lowest BCUT2D eigenvalue weighted by atomic mass is 9.88. The van der Waals surface area contributed by atoms with E-state index in [1.54, 1.807) is 0 Å². The number of hydrogen-bond acceptors (Lipinski definition) is 2. The van der Waals surface area contributed by atoms with Crippen molar-refractivity contribution in [2.75, 3.05) is 0 Å². The Morgan fingerprint density at radius 1 is 1.29 bits per heavy atom. The van der Waals surface area contributed by atoms with Gasteiger partial charge in [-0.05, 0) is 30.8 Å². The van der Waals surface area contributed by atoms with E-state index in [2.05, 4.69) is 24.3 Å². The van der Waals surface area contributed by atoms with Gasteiger partial charge < -0.3 is 9.31 Å². The molecular formula is C11H13BO2. The Bertz CT molecular complexity index is 353. The summed E-state index contributed by atoms with van der Waals surface area (Å²) in [6, 6.07) is 8.53. The highest BCUT2D eigenvalue weighted by Gasteiger charge is 2.40. The Labute approximate surface area is 84.4 Å². The van der Waals surface area contributed by atoms with Crippen molar-refractivity contribution in [2.24, 2.45) is 0 Å². The van der Waals surface area contributed by atoms with E-state index >= 15 is 0 Å². The topological polar surface area (TPSA) is 18.5 Å². The van der Waals surface area contributed by atoms with Gasteiger partial charge in [0.05, 0.1) is 12.2 Å². The van der Waals surface area contributed by atoms with Crippen molar-refractivity contribution < 1.29 is 9.31 Å². The van der Waals surface area contributed by atoms with E-state index < -0.39 is 0 Å². The molecule has 1 aromatic carbocycles. The maximum absolute atomic E-state index is 5.77. The minimum absolute atomic E-state index is 0.0452. The van der Waals surface area contributed by atoms with Gasteiger partial charge in [-0.25, -0.2) is 0 Å². The summed E-state index contributed by atoms with van der Waals surface area (Å²) in [5.41, 5.74) is 2.75. The van der Waals surface area contributed by atoms with Crippen molar-refractivity contribution in [1.82, 2.24) is 0 Å². The van der Waals surface area contributed by atoms with Crippen LogP contribution in [0.4, 0.5) is 0 Å². The second-order valence-corrected chi connectivity index (χ2v) is 4.04. The normalized spacial score (nSPS) is 29.9. The molecule has 0 spiro atoms. The van der Waals surface area contributed by atoms with E-state index in [0.717, 1.165) is 12.8 Å². The van der Waals surface area contributed by atoms with Crippen molar-refractivity contribution in [1.29, 1.82) is 0 Å². The summed E-state index contributed by atoms with van der Waals surface area (Å²) in [6.07, 6.45) is 2.66. The van der Waals surface area contributed by atoms with Crippen molar-refractivity contribution >= 4 is 7.12 Å². The van der Waals surface area contributed by atoms with E-state index in [9.17, 15) is 0 Å². The molecule has 72 valence electrons. The SMILES string of the molecule is CB1O[C@@H]2CCc3ccccc3[C@@H]2O1. The minimum atomic E-state index is -0.0452. The first-order valence-corrected chi connectivity index (χ1v) is 5.23. The Morgan fingerprint density at radius 3 is 3.07 bits per heavy atom. The van der Waals surface area contributed by atoms with Crippen molar-refractivity contribution in [3.63, 3.8) is 0 Å². The number of fused-ring (bicyclic) bond motifs is 3. The summed E-state index contributed by atoms with van der Waals surface area (Å²) in [6.45, 7) is 1.97. The van der Waals surface area contributed by atoms with Crippen molar-refractivity contribution in [3.05, 3.63) is 35.4 Å². The summed E-state index contributed by atoms with van der Waals surface area (Å²) < 4.78 is 11.5. The zero-order chi connectivity index (χ0) is 9.54. The first-order valence-electron chi connectivity index (χ1n) is 5.23. The van der Waals surface area contributed by atoms with Gasteiger partial charge in [0.15, 0.2) is 0 Å². The number of rotatable bonds is 0. The van der Waals surface area contributed by atoms with Crippen LogP contribution in [0, 0.1) is 0 Å². The molecule has 0 saturated carbocycles. The van der Waals surface area contributed by atoms with Gasteiger partial charge in [-0.15, -0.1) is 0 Å². The lowest BCUT2D eigenvalue weighted by molar-refractivity contribution is 0.138. The molecule has 1 aromatic rings. The van der Waals surface area contributed by atoms with E-state index in [1.807, 2.05) is 6.82 Å². The second kappa shape index (κ2) is 3.11. The lowest BCUT2D eigenvalue weighted by Gasteiger charge is -2.26. The second-order valence-electron chi connectivity index (χ2n) is 4.04. The fraction of sp³-hybridized carbons (Fsp3) is 0.455. The quantitative estimate of drug-likeness (QED) is 0.581. The van der Waals surface area contributed by atoms with E-state index in [1.165, 1.54) is 11.1 Å². The van der Waals surface area contributed by atoms with Gasteiger partial charge in [0.25, 0.3) is 0 Å². The minimum Gasteiger partial charge on any atom is -0.405 e. The predicted molar refractivity (Wildman–Crippen MR) is 55.1 cm³/mol. The monoisotopic (exact) mass is 188 g/mol. The van der Waals surface area contributed by atoms with E-state index in [0.29, 0.717) is 0 Å². The van der Waals surface area contributed by atoms with Crippen LogP contribution in [-0.2, 0) is 15.7 Å². The van der Waals surface area contributed by atoms with Crippen molar-refractivity contribution in [2.45, 2.75) is 31.9 Å². The third kappa shape index (κ3) is 1.20. The maximum atomic E-state index is 5.77. The molecule has 14 heavy (non-hydrogen) atoms. The number of benzene rings is 1. The molecule has 1 fully saturated rings. The molecule has 1 aliphatic carbocycles. The molecule has 3 rings (SSSR count). The molecule has 3 heteroatoms. The predicted octanol–water partition coefficient (Wildman–Crippen LogP) is 2.21. The smallest absolute Gasteiger partial charge is 0.405 e. The number of aryl methyl sites for hydroxylation is 1. The Hall–Kier alpha value is -0.795. The van der Waals surface area contributed by atoms with Gasteiger partial charge in [0.1, 0.15) is 0 Å². The lowest BCUT2D eigenvalue weighted by Crippen LogP contribution is -2.22. The molecule has 0 amide bonds. The fourth-order valence-electron chi connectivity index (χ4n) is 2.47. The van der Waals surface area contributed by atoms with Crippen LogP contribution >= 0.6 is 0 Å². The molecule has 2 aliphatic rings. The first kappa shape index (κ1) is 8.51. The molecule has 1 saturated heterocycles. The molecule has 2 atom stereocenters. The maximum Gasteiger partial charge on any atom is 0.454 e. The molecule has 1 heterocycles. The summed E-state index contributed by atoms with van der Waals surface area (Å²) in [4.78, 5) is 0. The van der Waals surface area contributed by atoms with Gasteiger partial charge >= 0.3 is 7.12 Å². The van der Waals surface area contributed by atoms with Gasteiger partial charge in [-0.2, -0.15) is 0 Å².